The van der Waals surface area contributed by atoms with E-state index in [1.54, 1.807) is 0 Å². The Bertz CT molecular complexity index is 394. The number of hydrogen-bond donors (Lipinski definition) is 2. The van der Waals surface area contributed by atoms with Gasteiger partial charge >= 0.3 is 0 Å². The number of benzene rings is 1. The van der Waals surface area contributed by atoms with Gasteiger partial charge in [-0.25, -0.2) is 4.99 Å². The summed E-state index contributed by atoms with van der Waals surface area (Å²) in [5.41, 5.74) is 13.5. The zero-order chi connectivity index (χ0) is 11.7. The Kier molecular flexibility index (Phi) is 4.80. The molecule has 17 heavy (non-hydrogen) atoms. The first-order chi connectivity index (χ1) is 7.58. The molecule has 4 N–H and O–H groups in total. The Hall–Kier alpha value is -0.780. The van der Waals surface area contributed by atoms with Crippen LogP contribution >= 0.6 is 24.0 Å². The summed E-state index contributed by atoms with van der Waals surface area (Å²) >= 11 is 0. The number of rotatable bonds is 3. The maximum Gasteiger partial charge on any atom is 0.186 e. The molecule has 1 saturated carbocycles. The highest BCUT2D eigenvalue weighted by atomic mass is 127. The fraction of sp³-hybridized carbons (Fsp3) is 0.462. The molecule has 4 heteroatoms. The summed E-state index contributed by atoms with van der Waals surface area (Å²) in [6.07, 6.45) is 1.07. The molecule has 0 saturated heterocycles. The van der Waals surface area contributed by atoms with E-state index in [4.69, 9.17) is 11.5 Å². The van der Waals surface area contributed by atoms with Crippen molar-refractivity contribution in [3.8, 4) is 0 Å². The largest absolute Gasteiger partial charge is 0.370 e. The summed E-state index contributed by atoms with van der Waals surface area (Å²) in [5.74, 6) is 1.30. The Morgan fingerprint density at radius 3 is 2.29 bits per heavy atom. The molecule has 0 amide bonds. The smallest absolute Gasteiger partial charge is 0.186 e. The third-order valence-electron chi connectivity index (χ3n) is 3.10. The summed E-state index contributed by atoms with van der Waals surface area (Å²) in [6.45, 7) is 4.41. The van der Waals surface area contributed by atoms with E-state index in [0.717, 1.165) is 6.42 Å². The SMILES string of the molecule is CC(C)c1ccc(C2CC2N=C(N)N)cc1.I. The van der Waals surface area contributed by atoms with Crippen molar-refractivity contribution in [2.24, 2.45) is 16.5 Å². The topological polar surface area (TPSA) is 64.4 Å². The lowest BCUT2D eigenvalue weighted by Gasteiger charge is -2.06. The average molecular weight is 345 g/mol. The predicted octanol–water partition coefficient (Wildman–Crippen LogP) is 2.56. The van der Waals surface area contributed by atoms with Gasteiger partial charge in [0.15, 0.2) is 5.96 Å². The minimum atomic E-state index is 0. The molecule has 2 atom stereocenters. The van der Waals surface area contributed by atoms with E-state index < -0.39 is 0 Å². The van der Waals surface area contributed by atoms with Crippen molar-refractivity contribution in [3.05, 3.63) is 35.4 Å². The normalized spacial score (nSPS) is 21.8. The van der Waals surface area contributed by atoms with Crippen molar-refractivity contribution in [2.45, 2.75) is 38.1 Å². The van der Waals surface area contributed by atoms with Gasteiger partial charge in [-0.2, -0.15) is 0 Å². The van der Waals surface area contributed by atoms with Crippen LogP contribution < -0.4 is 11.5 Å². The van der Waals surface area contributed by atoms with Gasteiger partial charge in [0.1, 0.15) is 0 Å². The van der Waals surface area contributed by atoms with Gasteiger partial charge in [0.05, 0.1) is 6.04 Å². The Balaban J connectivity index is 0.00000144. The van der Waals surface area contributed by atoms with Crippen LogP contribution in [0.5, 0.6) is 0 Å². The molecule has 0 aromatic heterocycles. The molecule has 1 fully saturated rings. The molecular formula is C13H20IN3. The molecule has 1 aliphatic rings. The summed E-state index contributed by atoms with van der Waals surface area (Å²) in [7, 11) is 0. The molecule has 2 rings (SSSR count). The summed E-state index contributed by atoms with van der Waals surface area (Å²) < 4.78 is 0. The van der Waals surface area contributed by atoms with Crippen molar-refractivity contribution in [1.82, 2.24) is 0 Å². The van der Waals surface area contributed by atoms with Crippen LogP contribution in [0.25, 0.3) is 0 Å². The lowest BCUT2D eigenvalue weighted by atomic mass is 10.0. The molecule has 0 spiro atoms. The third-order valence-corrected chi connectivity index (χ3v) is 3.10. The molecule has 94 valence electrons. The van der Waals surface area contributed by atoms with Crippen LogP contribution in [0.1, 0.15) is 43.2 Å². The van der Waals surface area contributed by atoms with E-state index in [0.29, 0.717) is 17.9 Å². The quantitative estimate of drug-likeness (QED) is 0.502. The zero-order valence-electron chi connectivity index (χ0n) is 10.3. The second-order valence-electron chi connectivity index (χ2n) is 4.78. The summed E-state index contributed by atoms with van der Waals surface area (Å²) in [6, 6.07) is 9.09. The van der Waals surface area contributed by atoms with Gasteiger partial charge in [0, 0.05) is 5.92 Å². The molecular weight excluding hydrogens is 325 g/mol. The second-order valence-corrected chi connectivity index (χ2v) is 4.78. The van der Waals surface area contributed by atoms with E-state index in [2.05, 4.69) is 43.1 Å². The van der Waals surface area contributed by atoms with Crippen molar-refractivity contribution < 1.29 is 0 Å². The molecule has 0 radical (unpaired) electrons. The monoisotopic (exact) mass is 345 g/mol. The predicted molar refractivity (Wildman–Crippen MR) is 82.9 cm³/mol. The molecule has 1 aliphatic carbocycles. The zero-order valence-corrected chi connectivity index (χ0v) is 12.6. The van der Waals surface area contributed by atoms with Gasteiger partial charge in [0.2, 0.25) is 0 Å². The van der Waals surface area contributed by atoms with E-state index in [-0.39, 0.29) is 29.9 Å². The van der Waals surface area contributed by atoms with Crippen molar-refractivity contribution in [1.29, 1.82) is 0 Å². The maximum absolute atomic E-state index is 5.37. The van der Waals surface area contributed by atoms with Crippen molar-refractivity contribution in [2.75, 3.05) is 0 Å². The van der Waals surface area contributed by atoms with Crippen LogP contribution in [-0.2, 0) is 0 Å². The number of hydrogen-bond acceptors (Lipinski definition) is 1. The highest BCUT2D eigenvalue weighted by Crippen LogP contribution is 2.43. The molecule has 0 aliphatic heterocycles. The van der Waals surface area contributed by atoms with Crippen LogP contribution in [0.2, 0.25) is 0 Å². The number of guanidine groups is 1. The van der Waals surface area contributed by atoms with E-state index in [9.17, 15) is 0 Å². The van der Waals surface area contributed by atoms with Crippen LogP contribution in [0, 0.1) is 0 Å². The molecule has 2 unspecified atom stereocenters. The second kappa shape index (κ2) is 5.71. The van der Waals surface area contributed by atoms with Gasteiger partial charge < -0.3 is 11.5 Å². The molecule has 3 nitrogen and oxygen atoms in total. The first kappa shape index (κ1) is 14.3. The van der Waals surface area contributed by atoms with E-state index in [1.165, 1.54) is 11.1 Å². The first-order valence-electron chi connectivity index (χ1n) is 5.76. The van der Waals surface area contributed by atoms with Crippen LogP contribution in [0.15, 0.2) is 29.3 Å². The average Bonchev–Trinajstić information content (AvgIpc) is 2.96. The first-order valence-corrected chi connectivity index (χ1v) is 5.76. The minimum absolute atomic E-state index is 0. The van der Waals surface area contributed by atoms with Crippen LogP contribution in [-0.4, -0.2) is 12.0 Å². The lowest BCUT2D eigenvalue weighted by molar-refractivity contribution is 0.864. The van der Waals surface area contributed by atoms with E-state index >= 15 is 0 Å². The fourth-order valence-corrected chi connectivity index (χ4v) is 2.00. The molecule has 1 aromatic rings. The Morgan fingerprint density at radius 2 is 1.82 bits per heavy atom. The highest BCUT2D eigenvalue weighted by Gasteiger charge is 2.38. The van der Waals surface area contributed by atoms with Crippen LogP contribution in [0.4, 0.5) is 0 Å². The van der Waals surface area contributed by atoms with Gasteiger partial charge in [-0.3, -0.25) is 0 Å². The summed E-state index contributed by atoms with van der Waals surface area (Å²) in [5, 5.41) is 0. The standard InChI is InChI=1S/C13H19N3.HI/c1-8(2)9-3-5-10(6-4-9)11-7-12(11)16-13(14)15;/h3-6,8,11-12H,7H2,1-2H3,(H4,14,15,16);1H. The van der Waals surface area contributed by atoms with Crippen molar-refractivity contribution in [3.63, 3.8) is 0 Å². The number of aliphatic imine (C=N–C) groups is 1. The molecule has 1 aromatic carbocycles. The third kappa shape index (κ3) is 3.59. The highest BCUT2D eigenvalue weighted by molar-refractivity contribution is 14.0. The number of nitrogens with two attached hydrogens (primary N) is 2. The van der Waals surface area contributed by atoms with Crippen LogP contribution in [0.3, 0.4) is 0 Å². The molecule has 0 bridgehead atoms. The van der Waals surface area contributed by atoms with Gasteiger partial charge in [-0.1, -0.05) is 38.1 Å². The molecule has 0 heterocycles. The van der Waals surface area contributed by atoms with E-state index in [1.807, 2.05) is 0 Å². The fourth-order valence-electron chi connectivity index (χ4n) is 2.00. The Labute approximate surface area is 120 Å². The van der Waals surface area contributed by atoms with Crippen molar-refractivity contribution >= 4 is 29.9 Å². The number of nitrogens with zero attached hydrogens (tertiary/aromatic N) is 1. The Morgan fingerprint density at radius 1 is 1.24 bits per heavy atom. The number of halogens is 1. The van der Waals surface area contributed by atoms with Gasteiger partial charge in [0.25, 0.3) is 0 Å². The van der Waals surface area contributed by atoms with Gasteiger partial charge in [-0.15, -0.1) is 24.0 Å². The lowest BCUT2D eigenvalue weighted by Crippen LogP contribution is -2.23. The van der Waals surface area contributed by atoms with Gasteiger partial charge in [-0.05, 0) is 23.5 Å². The summed E-state index contributed by atoms with van der Waals surface area (Å²) in [4.78, 5) is 4.18. The maximum atomic E-state index is 5.37. The minimum Gasteiger partial charge on any atom is -0.370 e.